The summed E-state index contributed by atoms with van der Waals surface area (Å²) in [4.78, 5) is 0. The Hall–Kier alpha value is -1.34. The van der Waals surface area contributed by atoms with Crippen molar-refractivity contribution in [3.8, 4) is 5.88 Å². The van der Waals surface area contributed by atoms with Crippen LogP contribution < -0.4 is 0 Å². The van der Waals surface area contributed by atoms with Crippen LogP contribution in [0.15, 0.2) is 0 Å². The van der Waals surface area contributed by atoms with Crippen molar-refractivity contribution in [3.63, 3.8) is 0 Å². The highest BCUT2D eigenvalue weighted by atomic mass is 19.4. The van der Waals surface area contributed by atoms with Crippen molar-refractivity contribution in [2.24, 2.45) is 7.05 Å². The summed E-state index contributed by atoms with van der Waals surface area (Å²) in [7, 11) is 0.944. The minimum Gasteiger partial charge on any atom is -0.493 e. The predicted molar refractivity (Wildman–Crippen MR) is 39.4 cm³/mol. The van der Waals surface area contributed by atoms with Gasteiger partial charge in [-0.1, -0.05) is 0 Å². The molecule has 1 aromatic rings. The van der Waals surface area contributed by atoms with Crippen molar-refractivity contribution >= 4 is 0 Å². The van der Waals surface area contributed by atoms with Crippen LogP contribution >= 0.6 is 0 Å². The van der Waals surface area contributed by atoms with E-state index in [1.54, 1.807) is 0 Å². The van der Waals surface area contributed by atoms with Gasteiger partial charge in [-0.25, -0.2) is 4.68 Å². The van der Waals surface area contributed by atoms with Crippen molar-refractivity contribution in [2.45, 2.75) is 19.0 Å². The van der Waals surface area contributed by atoms with Gasteiger partial charge in [0, 0.05) is 14.0 Å². The second-order valence-electron chi connectivity index (χ2n) is 3.06. The normalized spacial score (nSPS) is 13.3. The number of halogens is 5. The van der Waals surface area contributed by atoms with Crippen molar-refractivity contribution in [3.05, 3.63) is 11.3 Å². The van der Waals surface area contributed by atoms with Crippen LogP contribution in [-0.2, 0) is 19.1 Å². The minimum absolute atomic E-state index is 0.282. The molecule has 0 fully saturated rings. The summed E-state index contributed by atoms with van der Waals surface area (Å²) in [5.74, 6) is -5.08. The molecule has 86 valence electrons. The third kappa shape index (κ3) is 2.02. The van der Waals surface area contributed by atoms with Gasteiger partial charge >= 0.3 is 6.18 Å². The summed E-state index contributed by atoms with van der Waals surface area (Å²) in [6.45, 7) is 0.282. The van der Waals surface area contributed by atoms with Crippen LogP contribution in [0.4, 0.5) is 22.0 Å². The molecule has 8 heteroatoms. The molecule has 0 aliphatic carbocycles. The Kier molecular flexibility index (Phi) is 2.41. The van der Waals surface area contributed by atoms with Gasteiger partial charge in [0.2, 0.25) is 5.88 Å². The molecule has 1 aromatic heterocycles. The Bertz CT molecular complexity index is 376. The molecule has 1 N–H and O–H groups in total. The first-order chi connectivity index (χ1) is 6.55. The molecule has 0 aliphatic rings. The average Bonchev–Trinajstić information content (AvgIpc) is 2.25. The summed E-state index contributed by atoms with van der Waals surface area (Å²) in [5, 5.41) is 11.9. The second-order valence-corrected chi connectivity index (χ2v) is 3.06. The number of aromatic nitrogens is 2. The fourth-order valence-corrected chi connectivity index (χ4v) is 1.08. The predicted octanol–water partition coefficient (Wildman–Crippen LogP) is 2.26. The number of aromatic hydroxyl groups is 1. The lowest BCUT2D eigenvalue weighted by Crippen LogP contribution is -2.16. The molecule has 1 rings (SSSR count). The Morgan fingerprint density at radius 3 is 1.93 bits per heavy atom. The van der Waals surface area contributed by atoms with Crippen LogP contribution in [0.3, 0.4) is 0 Å². The van der Waals surface area contributed by atoms with E-state index in [1.165, 1.54) is 0 Å². The molecule has 0 saturated carbocycles. The molecule has 0 saturated heterocycles. The quantitative estimate of drug-likeness (QED) is 0.751. The molecule has 0 bridgehead atoms. The van der Waals surface area contributed by atoms with Gasteiger partial charge in [-0.15, -0.1) is 0 Å². The van der Waals surface area contributed by atoms with Crippen molar-refractivity contribution in [1.29, 1.82) is 0 Å². The summed E-state index contributed by atoms with van der Waals surface area (Å²) >= 11 is 0. The zero-order chi connectivity index (χ0) is 12.0. The highest BCUT2D eigenvalue weighted by Crippen LogP contribution is 2.43. The molecule has 1 heterocycles. The maximum absolute atomic E-state index is 12.8. The summed E-state index contributed by atoms with van der Waals surface area (Å²) < 4.78 is 62.8. The molecule has 15 heavy (non-hydrogen) atoms. The van der Waals surface area contributed by atoms with Crippen LogP contribution in [0, 0.1) is 0 Å². The van der Waals surface area contributed by atoms with Crippen LogP contribution in [0.1, 0.15) is 18.2 Å². The first-order valence-electron chi connectivity index (χ1n) is 3.76. The average molecular weight is 230 g/mol. The van der Waals surface area contributed by atoms with Gasteiger partial charge in [0.15, 0.2) is 0 Å². The molecule has 0 aromatic carbocycles. The first-order valence-corrected chi connectivity index (χ1v) is 3.76. The van der Waals surface area contributed by atoms with E-state index in [2.05, 4.69) is 5.10 Å². The summed E-state index contributed by atoms with van der Waals surface area (Å²) in [6.07, 6.45) is -5.06. The first kappa shape index (κ1) is 11.7. The van der Waals surface area contributed by atoms with E-state index < -0.39 is 29.2 Å². The summed E-state index contributed by atoms with van der Waals surface area (Å²) in [6, 6.07) is 0. The van der Waals surface area contributed by atoms with Gasteiger partial charge in [-0.2, -0.15) is 27.1 Å². The fraction of sp³-hybridized carbons (Fsp3) is 0.571. The van der Waals surface area contributed by atoms with E-state index in [1.807, 2.05) is 0 Å². The topological polar surface area (TPSA) is 38.0 Å². The zero-order valence-corrected chi connectivity index (χ0v) is 7.73. The number of aryl methyl sites for hydroxylation is 1. The second kappa shape index (κ2) is 3.07. The summed E-state index contributed by atoms with van der Waals surface area (Å²) in [5.41, 5.74) is -3.27. The van der Waals surface area contributed by atoms with E-state index in [0.29, 0.717) is 4.68 Å². The Labute approximate surface area is 81.1 Å². The largest absolute Gasteiger partial charge is 0.493 e. The third-order valence-corrected chi connectivity index (χ3v) is 1.72. The van der Waals surface area contributed by atoms with Crippen LogP contribution in [0.25, 0.3) is 0 Å². The number of hydrogen-bond acceptors (Lipinski definition) is 2. The molecule has 0 spiro atoms. The molecule has 0 unspecified atom stereocenters. The van der Waals surface area contributed by atoms with Gasteiger partial charge in [-0.3, -0.25) is 0 Å². The number of rotatable bonds is 1. The third-order valence-electron chi connectivity index (χ3n) is 1.72. The highest BCUT2D eigenvalue weighted by molar-refractivity contribution is 5.35. The van der Waals surface area contributed by atoms with Gasteiger partial charge in [-0.05, 0) is 0 Å². The molecule has 0 atom stereocenters. The van der Waals surface area contributed by atoms with Gasteiger partial charge < -0.3 is 5.11 Å². The number of nitrogens with zero attached hydrogens (tertiary/aromatic N) is 2. The standard InChI is InChI=1S/C7H7F5N2O/c1-6(8,9)4-3(7(10,11)12)5(15)14(2)13-4/h15H,1-2H3. The van der Waals surface area contributed by atoms with Crippen molar-refractivity contribution < 1.29 is 27.1 Å². The van der Waals surface area contributed by atoms with Gasteiger partial charge in [0.05, 0.1) is 0 Å². The molecule has 0 aliphatic heterocycles. The lowest BCUT2D eigenvalue weighted by molar-refractivity contribution is -0.142. The van der Waals surface area contributed by atoms with Gasteiger partial charge in [0.1, 0.15) is 11.3 Å². The van der Waals surface area contributed by atoms with Crippen molar-refractivity contribution in [2.75, 3.05) is 0 Å². The van der Waals surface area contributed by atoms with E-state index in [9.17, 15) is 22.0 Å². The highest BCUT2D eigenvalue weighted by Gasteiger charge is 2.46. The van der Waals surface area contributed by atoms with Crippen LogP contribution in [-0.4, -0.2) is 14.9 Å². The lowest BCUT2D eigenvalue weighted by Gasteiger charge is -2.11. The smallest absolute Gasteiger partial charge is 0.423 e. The number of alkyl halides is 5. The molecule has 0 radical (unpaired) electrons. The van der Waals surface area contributed by atoms with Crippen molar-refractivity contribution in [1.82, 2.24) is 9.78 Å². The monoisotopic (exact) mass is 230 g/mol. The van der Waals surface area contributed by atoms with E-state index in [-0.39, 0.29) is 6.92 Å². The Morgan fingerprint density at radius 2 is 1.67 bits per heavy atom. The fourth-order valence-electron chi connectivity index (χ4n) is 1.08. The molecule has 0 amide bonds. The van der Waals surface area contributed by atoms with Gasteiger partial charge in [0.25, 0.3) is 5.92 Å². The van der Waals surface area contributed by atoms with Crippen LogP contribution in [0.2, 0.25) is 0 Å². The Balaban J connectivity index is 3.48. The van der Waals surface area contributed by atoms with Crippen LogP contribution in [0.5, 0.6) is 5.88 Å². The van der Waals surface area contributed by atoms with E-state index in [0.717, 1.165) is 7.05 Å². The lowest BCUT2D eigenvalue weighted by atomic mass is 10.1. The maximum atomic E-state index is 12.8. The molecule has 3 nitrogen and oxygen atoms in total. The molecular weight excluding hydrogens is 223 g/mol. The minimum atomic E-state index is -5.06. The van der Waals surface area contributed by atoms with E-state index >= 15 is 0 Å². The van der Waals surface area contributed by atoms with E-state index in [4.69, 9.17) is 5.11 Å². The SMILES string of the molecule is Cn1nc(C(C)(F)F)c(C(F)(F)F)c1O. The maximum Gasteiger partial charge on any atom is 0.423 e. The molecular formula is C7H7F5N2O. The Morgan fingerprint density at radius 1 is 1.20 bits per heavy atom. The zero-order valence-electron chi connectivity index (χ0n) is 7.73. The number of hydrogen-bond donors (Lipinski definition) is 1.